The largest absolute Gasteiger partial charge is 0.356 e. The third kappa shape index (κ3) is 14.9. The van der Waals surface area contributed by atoms with Gasteiger partial charge in [0.15, 0.2) is 0 Å². The first-order valence-electron chi connectivity index (χ1n) is 25.4. The van der Waals surface area contributed by atoms with Crippen LogP contribution in [0.2, 0.25) is 0 Å². The molecule has 0 fully saturated rings. The Balaban J connectivity index is 0.000000235. The molecule has 0 heterocycles. The Morgan fingerprint density at radius 1 is 0.328 bits per heavy atom. The molecule has 336 valence electrons. The summed E-state index contributed by atoms with van der Waals surface area (Å²) in [5, 5.41) is 8.62. The molecule has 0 aliphatic rings. The summed E-state index contributed by atoms with van der Waals surface area (Å²) in [6.07, 6.45) is 25.7. The Morgan fingerprint density at radius 3 is 0.969 bits per heavy atom. The molecule has 0 aliphatic carbocycles. The molecule has 0 bridgehead atoms. The summed E-state index contributed by atoms with van der Waals surface area (Å²) in [5.41, 5.74) is 11.8. The predicted octanol–water partition coefficient (Wildman–Crippen LogP) is 19.4. The van der Waals surface area contributed by atoms with Crippen molar-refractivity contribution in [3.8, 4) is 0 Å². The number of nitrogens with zero attached hydrogens (tertiary/aromatic N) is 1. The summed E-state index contributed by atoms with van der Waals surface area (Å²) in [7, 11) is 0. The predicted molar refractivity (Wildman–Crippen MR) is 284 cm³/mol. The first-order valence-corrected chi connectivity index (χ1v) is 25.4. The third-order valence-corrected chi connectivity index (χ3v) is 12.8. The second-order valence-corrected chi connectivity index (χ2v) is 18.1. The van der Waals surface area contributed by atoms with Crippen molar-refractivity contribution in [3.05, 3.63) is 174 Å². The van der Waals surface area contributed by atoms with E-state index < -0.39 is 0 Å². The number of aryl methyl sites for hydroxylation is 4. The van der Waals surface area contributed by atoms with Gasteiger partial charge in [0.05, 0.1) is 5.69 Å². The minimum absolute atomic E-state index is 1.16. The molecule has 0 aliphatic heterocycles. The van der Waals surface area contributed by atoms with Gasteiger partial charge < -0.3 is 10.2 Å². The van der Waals surface area contributed by atoms with Gasteiger partial charge in [-0.25, -0.2) is 0 Å². The highest BCUT2D eigenvalue weighted by Crippen LogP contribution is 2.44. The molecular weight excluding hydrogens is 773 g/mol. The summed E-state index contributed by atoms with van der Waals surface area (Å²) < 4.78 is 0. The summed E-state index contributed by atoms with van der Waals surface area (Å²) in [6.45, 7) is 9.08. The van der Waals surface area contributed by atoms with E-state index in [9.17, 15) is 0 Å². The van der Waals surface area contributed by atoms with Crippen molar-refractivity contribution in [1.82, 2.24) is 0 Å². The van der Waals surface area contributed by atoms with Crippen LogP contribution in [0, 0.1) is 0 Å². The van der Waals surface area contributed by atoms with Gasteiger partial charge in [0.2, 0.25) is 0 Å². The fraction of sp³-hybridized carbons (Fsp3) is 0.387. The highest BCUT2D eigenvalue weighted by atomic mass is 15.1. The third-order valence-electron chi connectivity index (χ3n) is 12.8. The second-order valence-electron chi connectivity index (χ2n) is 18.1. The smallest absolute Gasteiger partial charge is 0.0618 e. The normalized spacial score (nSPS) is 11.1. The van der Waals surface area contributed by atoms with E-state index in [1.54, 1.807) is 0 Å². The van der Waals surface area contributed by atoms with Crippen molar-refractivity contribution >= 4 is 50.0 Å². The van der Waals surface area contributed by atoms with Gasteiger partial charge >= 0.3 is 0 Å². The van der Waals surface area contributed by atoms with Crippen LogP contribution in [-0.2, 0) is 25.7 Å². The molecule has 0 aromatic heterocycles. The molecule has 7 rings (SSSR count). The Hall–Kier alpha value is -5.34. The van der Waals surface area contributed by atoms with E-state index in [1.165, 1.54) is 188 Å². The molecule has 2 nitrogen and oxygen atoms in total. The number of hydrogen-bond donors (Lipinski definition) is 1. The number of benzene rings is 7. The van der Waals surface area contributed by atoms with E-state index in [4.69, 9.17) is 0 Å². The summed E-state index contributed by atoms with van der Waals surface area (Å²) in [6, 6.07) is 56.5. The Morgan fingerprint density at radius 2 is 0.641 bits per heavy atom. The molecule has 0 saturated carbocycles. The van der Waals surface area contributed by atoms with Gasteiger partial charge in [0.25, 0.3) is 0 Å². The molecule has 1 N–H and O–H groups in total. The van der Waals surface area contributed by atoms with Crippen molar-refractivity contribution in [1.29, 1.82) is 0 Å². The van der Waals surface area contributed by atoms with Crippen LogP contribution < -0.4 is 10.2 Å². The number of nitrogens with one attached hydrogen (secondary N) is 1. The zero-order valence-electron chi connectivity index (χ0n) is 40.0. The molecular formula is C62H78N2. The first-order chi connectivity index (χ1) is 31.6. The van der Waals surface area contributed by atoms with Gasteiger partial charge in [0.1, 0.15) is 0 Å². The van der Waals surface area contributed by atoms with E-state index >= 15 is 0 Å². The molecule has 0 amide bonds. The lowest BCUT2D eigenvalue weighted by Gasteiger charge is -2.29. The molecule has 0 radical (unpaired) electrons. The highest BCUT2D eigenvalue weighted by molar-refractivity contribution is 6.14. The van der Waals surface area contributed by atoms with E-state index in [0.717, 1.165) is 12.8 Å². The van der Waals surface area contributed by atoms with Crippen LogP contribution in [0.5, 0.6) is 0 Å². The van der Waals surface area contributed by atoms with Crippen LogP contribution >= 0.6 is 0 Å². The Labute approximate surface area is 388 Å². The summed E-state index contributed by atoms with van der Waals surface area (Å²) in [5.74, 6) is 0. The highest BCUT2D eigenvalue weighted by Gasteiger charge is 2.19. The van der Waals surface area contributed by atoms with Crippen LogP contribution in [0.4, 0.5) is 28.4 Å². The molecule has 7 aromatic rings. The van der Waals surface area contributed by atoms with E-state index in [2.05, 4.69) is 190 Å². The molecule has 0 unspecified atom stereocenters. The second kappa shape index (κ2) is 27.1. The van der Waals surface area contributed by atoms with Gasteiger partial charge in [-0.05, 0) is 139 Å². The quantitative estimate of drug-likeness (QED) is 0.0455. The standard InChI is InChI=1S/C38H43N.C24H35N/c1-3-5-7-9-15-30-21-25-34(26-22-30)39(35-27-23-31(24-28-35)16-10-8-6-4-2)38-36-19-13-11-17-32(36)29-33-18-12-14-20-37(33)38;1-3-5-7-9-11-21-13-17-23(18-14-21)25-24-19-15-22(16-20-24)12-10-8-6-4-2/h11-14,17-29H,3-10,15-16H2,1-2H3;13-20,25H,3-12H2,1-2H3. The maximum absolute atomic E-state index is 3.51. The van der Waals surface area contributed by atoms with Crippen molar-refractivity contribution in [3.63, 3.8) is 0 Å². The van der Waals surface area contributed by atoms with Crippen LogP contribution in [0.1, 0.15) is 153 Å². The van der Waals surface area contributed by atoms with Crippen LogP contribution in [-0.4, -0.2) is 0 Å². The zero-order valence-corrected chi connectivity index (χ0v) is 40.0. The van der Waals surface area contributed by atoms with E-state index in [1.807, 2.05) is 0 Å². The van der Waals surface area contributed by atoms with Gasteiger partial charge in [0, 0.05) is 33.5 Å². The van der Waals surface area contributed by atoms with Gasteiger partial charge in [-0.3, -0.25) is 0 Å². The minimum atomic E-state index is 1.16. The average molecular weight is 851 g/mol. The fourth-order valence-electron chi connectivity index (χ4n) is 8.96. The lowest BCUT2D eigenvalue weighted by Crippen LogP contribution is -2.11. The minimum Gasteiger partial charge on any atom is -0.356 e. The molecule has 2 heteroatoms. The van der Waals surface area contributed by atoms with Gasteiger partial charge in [-0.15, -0.1) is 0 Å². The van der Waals surface area contributed by atoms with Gasteiger partial charge in [-0.1, -0.05) is 202 Å². The number of anilines is 5. The zero-order chi connectivity index (χ0) is 44.6. The molecule has 64 heavy (non-hydrogen) atoms. The fourth-order valence-corrected chi connectivity index (χ4v) is 8.96. The topological polar surface area (TPSA) is 15.3 Å². The molecule has 0 saturated heterocycles. The maximum atomic E-state index is 3.51. The monoisotopic (exact) mass is 851 g/mol. The van der Waals surface area contributed by atoms with Crippen molar-refractivity contribution in [2.75, 3.05) is 10.2 Å². The first kappa shape index (κ1) is 48.1. The van der Waals surface area contributed by atoms with Crippen molar-refractivity contribution in [2.45, 2.75) is 156 Å². The van der Waals surface area contributed by atoms with Crippen LogP contribution in [0.15, 0.2) is 152 Å². The number of hydrogen-bond acceptors (Lipinski definition) is 2. The molecule has 0 atom stereocenters. The number of unbranched alkanes of at least 4 members (excludes halogenated alkanes) is 12. The van der Waals surface area contributed by atoms with Crippen molar-refractivity contribution < 1.29 is 0 Å². The number of fused-ring (bicyclic) bond motifs is 2. The molecule has 7 aromatic carbocycles. The van der Waals surface area contributed by atoms with Crippen LogP contribution in [0.3, 0.4) is 0 Å². The maximum Gasteiger partial charge on any atom is 0.0618 e. The lowest BCUT2D eigenvalue weighted by atomic mass is 9.98. The average Bonchev–Trinajstić information content (AvgIpc) is 3.34. The Bertz CT molecular complexity index is 2180. The van der Waals surface area contributed by atoms with Crippen LogP contribution in [0.25, 0.3) is 21.5 Å². The Kier molecular flexibility index (Phi) is 20.4. The van der Waals surface area contributed by atoms with E-state index in [0.29, 0.717) is 0 Å². The van der Waals surface area contributed by atoms with E-state index in [-0.39, 0.29) is 0 Å². The summed E-state index contributed by atoms with van der Waals surface area (Å²) in [4.78, 5) is 2.48. The van der Waals surface area contributed by atoms with Gasteiger partial charge in [-0.2, -0.15) is 0 Å². The lowest BCUT2D eigenvalue weighted by molar-refractivity contribution is 0.667. The number of rotatable bonds is 25. The summed E-state index contributed by atoms with van der Waals surface area (Å²) >= 11 is 0. The molecule has 0 spiro atoms. The van der Waals surface area contributed by atoms with Crippen molar-refractivity contribution in [2.24, 2.45) is 0 Å². The SMILES string of the molecule is CCCCCCc1ccc(N(c2ccc(CCCCCC)cc2)c2c3ccccc3cc3ccccc23)cc1.CCCCCCc1ccc(Nc2ccc(CCCCCC)cc2)cc1.